The van der Waals surface area contributed by atoms with Crippen LogP contribution >= 0.6 is 0 Å². The summed E-state index contributed by atoms with van der Waals surface area (Å²) in [6, 6.07) is 4.27. The first-order chi connectivity index (χ1) is 8.08. The molecule has 17 heavy (non-hydrogen) atoms. The Hall–Kier alpha value is -1.13. The molecule has 0 amide bonds. The number of hydrogen-bond donors (Lipinski definition) is 1. The van der Waals surface area contributed by atoms with Crippen molar-refractivity contribution in [2.45, 2.75) is 19.9 Å². The molecule has 4 nitrogen and oxygen atoms in total. The van der Waals surface area contributed by atoms with Crippen LogP contribution in [0.25, 0.3) is 0 Å². The fourth-order valence-electron chi connectivity index (χ4n) is 2.25. The van der Waals surface area contributed by atoms with E-state index in [4.69, 9.17) is 5.73 Å². The fraction of sp³-hybridized carbons (Fsp3) is 0.615. The molecule has 0 aliphatic carbocycles. The third-order valence-corrected chi connectivity index (χ3v) is 3.43. The van der Waals surface area contributed by atoms with Crippen molar-refractivity contribution in [3.63, 3.8) is 0 Å². The van der Waals surface area contributed by atoms with E-state index in [1.54, 1.807) is 0 Å². The molecule has 1 saturated heterocycles. The maximum atomic E-state index is 5.90. The van der Waals surface area contributed by atoms with Crippen LogP contribution in [0.4, 0.5) is 5.82 Å². The second-order valence-corrected chi connectivity index (χ2v) is 4.92. The highest BCUT2D eigenvalue weighted by Gasteiger charge is 2.16. The van der Waals surface area contributed by atoms with Crippen molar-refractivity contribution in [2.75, 3.05) is 38.1 Å². The molecule has 0 aromatic carbocycles. The molecule has 0 radical (unpaired) electrons. The van der Waals surface area contributed by atoms with E-state index in [0.29, 0.717) is 0 Å². The molecule has 0 bridgehead atoms. The molecular formula is C13H22N4. The lowest BCUT2D eigenvalue weighted by Crippen LogP contribution is -2.44. The van der Waals surface area contributed by atoms with Crippen molar-refractivity contribution >= 4 is 5.82 Å². The average molecular weight is 234 g/mol. The van der Waals surface area contributed by atoms with Gasteiger partial charge in [-0.25, -0.2) is 4.98 Å². The Morgan fingerprint density at radius 1 is 1.24 bits per heavy atom. The summed E-state index contributed by atoms with van der Waals surface area (Å²) in [5.41, 5.74) is 8.09. The minimum atomic E-state index is 0.0593. The predicted octanol–water partition coefficient (Wildman–Crippen LogP) is 1.16. The molecule has 1 aliphatic rings. The molecule has 0 unspecified atom stereocenters. The Bertz CT molecular complexity index is 381. The first-order valence-electron chi connectivity index (χ1n) is 6.24. The largest absolute Gasteiger partial charge is 0.354 e. The number of hydrogen-bond acceptors (Lipinski definition) is 4. The molecule has 1 aromatic heterocycles. The number of piperazine rings is 1. The topological polar surface area (TPSA) is 45.4 Å². The van der Waals surface area contributed by atoms with E-state index >= 15 is 0 Å². The van der Waals surface area contributed by atoms with Crippen molar-refractivity contribution < 1.29 is 0 Å². The van der Waals surface area contributed by atoms with Crippen LogP contribution < -0.4 is 10.6 Å². The van der Waals surface area contributed by atoms with Gasteiger partial charge >= 0.3 is 0 Å². The monoisotopic (exact) mass is 234 g/mol. The van der Waals surface area contributed by atoms with Crippen LogP contribution in [-0.4, -0.2) is 43.1 Å². The predicted molar refractivity (Wildman–Crippen MR) is 71.3 cm³/mol. The third kappa shape index (κ3) is 2.76. The lowest BCUT2D eigenvalue weighted by atomic mass is 10.1. The first kappa shape index (κ1) is 12.3. The highest BCUT2D eigenvalue weighted by Crippen LogP contribution is 2.19. The van der Waals surface area contributed by atoms with E-state index < -0.39 is 0 Å². The maximum absolute atomic E-state index is 5.90. The molecule has 0 spiro atoms. The zero-order valence-electron chi connectivity index (χ0n) is 11.0. The van der Waals surface area contributed by atoms with Gasteiger partial charge in [0.15, 0.2) is 0 Å². The summed E-state index contributed by atoms with van der Waals surface area (Å²) in [7, 11) is 2.16. The van der Waals surface area contributed by atoms with Crippen LogP contribution in [0, 0.1) is 6.92 Å². The van der Waals surface area contributed by atoms with Gasteiger partial charge in [0.2, 0.25) is 0 Å². The average Bonchev–Trinajstić information content (AvgIpc) is 2.29. The summed E-state index contributed by atoms with van der Waals surface area (Å²) in [5, 5.41) is 0. The number of nitrogens with zero attached hydrogens (tertiary/aromatic N) is 3. The number of aromatic nitrogens is 1. The quantitative estimate of drug-likeness (QED) is 0.834. The summed E-state index contributed by atoms with van der Waals surface area (Å²) in [6.07, 6.45) is 0. The zero-order valence-corrected chi connectivity index (χ0v) is 11.0. The molecule has 1 atom stereocenters. The second-order valence-electron chi connectivity index (χ2n) is 4.92. The number of nitrogens with two attached hydrogens (primary N) is 1. The van der Waals surface area contributed by atoms with Crippen LogP contribution in [-0.2, 0) is 0 Å². The van der Waals surface area contributed by atoms with Crippen LogP contribution in [0.3, 0.4) is 0 Å². The zero-order chi connectivity index (χ0) is 12.4. The van der Waals surface area contributed by atoms with Gasteiger partial charge in [0.1, 0.15) is 5.82 Å². The minimum Gasteiger partial charge on any atom is -0.354 e. The molecule has 0 saturated carbocycles. The molecule has 1 aromatic rings. The summed E-state index contributed by atoms with van der Waals surface area (Å²) < 4.78 is 0. The van der Waals surface area contributed by atoms with Gasteiger partial charge in [0.05, 0.1) is 0 Å². The fourth-order valence-corrected chi connectivity index (χ4v) is 2.25. The lowest BCUT2D eigenvalue weighted by molar-refractivity contribution is 0.312. The van der Waals surface area contributed by atoms with E-state index in [1.807, 2.05) is 13.8 Å². The number of likely N-dealkylation sites (N-methyl/N-ethyl adjacent to an activating group) is 1. The van der Waals surface area contributed by atoms with Crippen LogP contribution in [0.1, 0.15) is 24.2 Å². The SMILES string of the molecule is Cc1nc(N2CCN(C)CC2)ccc1[C@@H](C)N. The third-order valence-electron chi connectivity index (χ3n) is 3.43. The standard InChI is InChI=1S/C13H22N4/c1-10(14)12-4-5-13(15-11(12)2)17-8-6-16(3)7-9-17/h4-5,10H,6-9,14H2,1-3H3/t10-/m1/s1. The molecule has 1 fully saturated rings. The van der Waals surface area contributed by atoms with Crippen LogP contribution in [0.2, 0.25) is 0 Å². The summed E-state index contributed by atoms with van der Waals surface area (Å²) in [5.74, 6) is 1.08. The number of aryl methyl sites for hydroxylation is 1. The second kappa shape index (κ2) is 5.02. The highest BCUT2D eigenvalue weighted by atomic mass is 15.3. The molecule has 2 N–H and O–H groups in total. The summed E-state index contributed by atoms with van der Waals surface area (Å²) in [6.45, 7) is 8.37. The van der Waals surface area contributed by atoms with Crippen molar-refractivity contribution in [1.82, 2.24) is 9.88 Å². The molecule has 2 rings (SSSR count). The molecule has 1 aliphatic heterocycles. The highest BCUT2D eigenvalue weighted by molar-refractivity contribution is 5.42. The van der Waals surface area contributed by atoms with E-state index in [-0.39, 0.29) is 6.04 Å². The molecule has 2 heterocycles. The normalized spacial score (nSPS) is 19.4. The maximum Gasteiger partial charge on any atom is 0.128 e. The van der Waals surface area contributed by atoms with Gasteiger partial charge in [-0.15, -0.1) is 0 Å². The van der Waals surface area contributed by atoms with Crippen LogP contribution in [0.15, 0.2) is 12.1 Å². The number of pyridine rings is 1. The van der Waals surface area contributed by atoms with Crippen molar-refractivity contribution in [3.8, 4) is 0 Å². The van der Waals surface area contributed by atoms with Gasteiger partial charge in [-0.05, 0) is 32.5 Å². The Morgan fingerprint density at radius 2 is 1.88 bits per heavy atom. The van der Waals surface area contributed by atoms with E-state index in [9.17, 15) is 0 Å². The molecule has 94 valence electrons. The number of anilines is 1. The summed E-state index contributed by atoms with van der Waals surface area (Å²) in [4.78, 5) is 9.36. The Morgan fingerprint density at radius 3 is 2.41 bits per heavy atom. The Balaban J connectivity index is 2.14. The number of rotatable bonds is 2. The van der Waals surface area contributed by atoms with Crippen molar-refractivity contribution in [2.24, 2.45) is 5.73 Å². The van der Waals surface area contributed by atoms with Gasteiger partial charge in [0.25, 0.3) is 0 Å². The van der Waals surface area contributed by atoms with Gasteiger partial charge < -0.3 is 15.5 Å². The van der Waals surface area contributed by atoms with E-state index in [0.717, 1.165) is 43.3 Å². The van der Waals surface area contributed by atoms with Gasteiger partial charge in [0, 0.05) is 37.9 Å². The van der Waals surface area contributed by atoms with Gasteiger partial charge in [-0.2, -0.15) is 0 Å². The Kier molecular flexibility index (Phi) is 3.64. The van der Waals surface area contributed by atoms with Crippen molar-refractivity contribution in [3.05, 3.63) is 23.4 Å². The first-order valence-corrected chi connectivity index (χ1v) is 6.24. The minimum absolute atomic E-state index is 0.0593. The van der Waals surface area contributed by atoms with Gasteiger partial charge in [-0.3, -0.25) is 0 Å². The smallest absolute Gasteiger partial charge is 0.128 e. The van der Waals surface area contributed by atoms with E-state index in [1.165, 1.54) is 0 Å². The lowest BCUT2D eigenvalue weighted by Gasteiger charge is -2.33. The molecular weight excluding hydrogens is 212 g/mol. The Labute approximate surface area is 103 Å². The summed E-state index contributed by atoms with van der Waals surface area (Å²) >= 11 is 0. The van der Waals surface area contributed by atoms with E-state index in [2.05, 4.69) is 34.0 Å². The van der Waals surface area contributed by atoms with Crippen LogP contribution in [0.5, 0.6) is 0 Å². The molecule has 4 heteroatoms. The van der Waals surface area contributed by atoms with Crippen molar-refractivity contribution in [1.29, 1.82) is 0 Å². The van der Waals surface area contributed by atoms with Gasteiger partial charge in [-0.1, -0.05) is 6.07 Å².